The van der Waals surface area contributed by atoms with Crippen molar-refractivity contribution in [2.24, 2.45) is 0 Å². The van der Waals surface area contributed by atoms with Gasteiger partial charge in [-0.15, -0.1) is 11.3 Å². The van der Waals surface area contributed by atoms with Gasteiger partial charge in [-0.2, -0.15) is 8.78 Å². The van der Waals surface area contributed by atoms with E-state index in [0.29, 0.717) is 19.3 Å². The van der Waals surface area contributed by atoms with Crippen molar-refractivity contribution >= 4 is 29.3 Å². The molecule has 2 heterocycles. The van der Waals surface area contributed by atoms with Crippen molar-refractivity contribution in [3.05, 3.63) is 76.0 Å². The number of carbonyl (C=O) groups is 2. The van der Waals surface area contributed by atoms with Crippen LogP contribution in [0.2, 0.25) is 0 Å². The molecule has 0 bridgehead atoms. The van der Waals surface area contributed by atoms with E-state index in [9.17, 15) is 23.5 Å². The Balaban J connectivity index is 1.67. The van der Waals surface area contributed by atoms with Gasteiger partial charge < -0.3 is 15.1 Å². The van der Waals surface area contributed by atoms with Crippen LogP contribution >= 0.6 is 11.3 Å². The summed E-state index contributed by atoms with van der Waals surface area (Å²) in [7, 11) is 0. The monoisotopic (exact) mass is 447 g/mol. The Morgan fingerprint density at radius 2 is 2.00 bits per heavy atom. The minimum atomic E-state index is -3.44. The smallest absolute Gasteiger partial charge is 0.345 e. The largest absolute Gasteiger partial charge is 0.477 e. The number of aliphatic hydroxyl groups excluding tert-OH is 1. The van der Waals surface area contributed by atoms with Crippen LogP contribution in [0.3, 0.4) is 0 Å². The molecule has 0 spiro atoms. The molecule has 3 rings (SSSR count). The molecule has 0 radical (unpaired) electrons. The van der Waals surface area contributed by atoms with Crippen molar-refractivity contribution in [3.63, 3.8) is 0 Å². The Kier molecular flexibility index (Phi) is 7.35. The zero-order valence-electron chi connectivity index (χ0n) is 16.7. The fourth-order valence-corrected chi connectivity index (χ4v) is 4.19. The third-order valence-electron chi connectivity index (χ3n) is 5.08. The number of nitrogens with zero attached hydrogens (tertiary/aromatic N) is 1. The summed E-state index contributed by atoms with van der Waals surface area (Å²) in [6.07, 6.45) is 5.64. The number of piperidine rings is 1. The summed E-state index contributed by atoms with van der Waals surface area (Å²) in [5.74, 6) is -4.53. The number of aliphatic hydroxyl groups is 1. The lowest BCUT2D eigenvalue weighted by molar-refractivity contribution is -0.134. The topological polar surface area (TPSA) is 77.8 Å². The lowest BCUT2D eigenvalue weighted by Gasteiger charge is -2.33. The second kappa shape index (κ2) is 9.98. The van der Waals surface area contributed by atoms with Crippen molar-refractivity contribution < 1.29 is 28.6 Å². The van der Waals surface area contributed by atoms with Gasteiger partial charge in [-0.1, -0.05) is 48.6 Å². The van der Waals surface area contributed by atoms with Gasteiger partial charge in [0.05, 0.1) is 6.04 Å². The first-order chi connectivity index (χ1) is 14.8. The summed E-state index contributed by atoms with van der Waals surface area (Å²) < 4.78 is 29.0. The molecule has 0 unspecified atom stereocenters. The molecule has 2 N–H and O–H groups in total. The molecular weight excluding hydrogens is 424 g/mol. The van der Waals surface area contributed by atoms with Crippen LogP contribution in [0, 0.1) is 0 Å². The number of hydrogen-bond acceptors (Lipinski definition) is 4. The Morgan fingerprint density at radius 1 is 1.26 bits per heavy atom. The lowest BCUT2D eigenvalue weighted by atomic mass is 9.98. The SMILES string of the molecule is O=C(O)c1ccc(/C=C\CN2C(=O)CCC[C@@H]2/C=C/[C@@H](O)C(F)(F)c2ccccc2)s1. The van der Waals surface area contributed by atoms with E-state index in [2.05, 4.69) is 0 Å². The predicted octanol–water partition coefficient (Wildman–Crippen LogP) is 4.55. The van der Waals surface area contributed by atoms with Crippen molar-refractivity contribution in [2.75, 3.05) is 6.54 Å². The molecule has 2 atom stereocenters. The normalized spacial score (nSPS) is 18.7. The maximum atomic E-state index is 14.5. The highest BCUT2D eigenvalue weighted by Crippen LogP contribution is 2.32. The van der Waals surface area contributed by atoms with Crippen molar-refractivity contribution in [3.8, 4) is 0 Å². The molecule has 0 saturated carbocycles. The molecule has 31 heavy (non-hydrogen) atoms. The average Bonchev–Trinajstić information content (AvgIpc) is 3.23. The molecule has 1 aromatic heterocycles. The minimum Gasteiger partial charge on any atom is -0.477 e. The lowest BCUT2D eigenvalue weighted by Crippen LogP contribution is -2.43. The number of likely N-dealkylation sites (tertiary alicyclic amines) is 1. The van der Waals surface area contributed by atoms with Crippen LogP contribution in [0.4, 0.5) is 8.78 Å². The molecule has 1 aromatic carbocycles. The van der Waals surface area contributed by atoms with Crippen LogP contribution in [-0.4, -0.2) is 45.7 Å². The average molecular weight is 448 g/mol. The maximum absolute atomic E-state index is 14.5. The number of amides is 1. The summed E-state index contributed by atoms with van der Waals surface area (Å²) in [5, 5.41) is 19.1. The van der Waals surface area contributed by atoms with Crippen LogP contribution in [0.1, 0.15) is 39.4 Å². The van der Waals surface area contributed by atoms with Gasteiger partial charge in [0.25, 0.3) is 0 Å². The van der Waals surface area contributed by atoms with Gasteiger partial charge in [0.1, 0.15) is 11.0 Å². The molecule has 1 saturated heterocycles. The number of carboxylic acid groups (broad SMARTS) is 1. The van der Waals surface area contributed by atoms with E-state index in [1.54, 1.807) is 29.2 Å². The van der Waals surface area contributed by atoms with Gasteiger partial charge >= 0.3 is 11.9 Å². The molecule has 1 amide bonds. The number of carbonyl (C=O) groups excluding carboxylic acids is 1. The van der Waals surface area contributed by atoms with Gasteiger partial charge in [0.15, 0.2) is 0 Å². The molecule has 0 aliphatic carbocycles. The van der Waals surface area contributed by atoms with E-state index < -0.39 is 24.0 Å². The number of aromatic carboxylic acids is 1. The number of hydrogen-bond donors (Lipinski definition) is 2. The van der Waals surface area contributed by atoms with E-state index in [-0.39, 0.29) is 22.9 Å². The quantitative estimate of drug-likeness (QED) is 0.582. The Bertz CT molecular complexity index is 971. The van der Waals surface area contributed by atoms with Crippen molar-refractivity contribution in [2.45, 2.75) is 37.3 Å². The van der Waals surface area contributed by atoms with Crippen LogP contribution in [-0.2, 0) is 10.7 Å². The highest BCUT2D eigenvalue weighted by molar-refractivity contribution is 7.14. The number of rotatable bonds is 8. The summed E-state index contributed by atoms with van der Waals surface area (Å²) in [4.78, 5) is 25.9. The Labute approximate surface area is 182 Å². The van der Waals surface area contributed by atoms with Crippen LogP contribution in [0.25, 0.3) is 6.08 Å². The number of benzene rings is 1. The number of carboxylic acids is 1. The fourth-order valence-electron chi connectivity index (χ4n) is 3.41. The summed E-state index contributed by atoms with van der Waals surface area (Å²) in [6.45, 7) is 0.263. The number of halogens is 2. The highest BCUT2D eigenvalue weighted by Gasteiger charge is 2.39. The van der Waals surface area contributed by atoms with Gasteiger partial charge in [0.2, 0.25) is 5.91 Å². The van der Waals surface area contributed by atoms with Gasteiger partial charge in [-0.25, -0.2) is 4.79 Å². The third kappa shape index (κ3) is 5.65. The molecule has 164 valence electrons. The van der Waals surface area contributed by atoms with E-state index in [1.807, 2.05) is 0 Å². The first-order valence-electron chi connectivity index (χ1n) is 9.88. The Hall–Kier alpha value is -2.84. The molecule has 2 aromatic rings. The maximum Gasteiger partial charge on any atom is 0.345 e. The molecule has 8 heteroatoms. The number of alkyl halides is 2. The zero-order chi connectivity index (χ0) is 22.4. The van der Waals surface area contributed by atoms with Crippen LogP contribution in [0.15, 0.2) is 60.7 Å². The van der Waals surface area contributed by atoms with Gasteiger partial charge in [0, 0.05) is 23.4 Å². The first-order valence-corrected chi connectivity index (χ1v) is 10.7. The highest BCUT2D eigenvalue weighted by atomic mass is 32.1. The standard InChI is InChI=1S/C23H23F2NO4S/c24-23(25,16-6-2-1-3-7-16)20(27)14-11-17-8-4-10-21(28)26(17)15-5-9-18-12-13-19(31-18)22(29)30/h1-3,5-7,9,11-14,17,20,27H,4,8,10,15H2,(H,29,30)/b9-5-,14-11+/t17-,20-/m1/s1. The second-order valence-corrected chi connectivity index (χ2v) is 8.35. The molecule has 1 aliphatic heterocycles. The van der Waals surface area contributed by atoms with Crippen molar-refractivity contribution in [1.29, 1.82) is 0 Å². The first kappa shape index (κ1) is 22.8. The fraction of sp³-hybridized carbons (Fsp3) is 0.304. The zero-order valence-corrected chi connectivity index (χ0v) is 17.5. The van der Waals surface area contributed by atoms with E-state index in [1.165, 1.54) is 36.4 Å². The van der Waals surface area contributed by atoms with E-state index in [0.717, 1.165) is 22.3 Å². The number of thiophene rings is 1. The molecule has 1 fully saturated rings. The van der Waals surface area contributed by atoms with Gasteiger partial charge in [-0.05, 0) is 31.1 Å². The van der Waals surface area contributed by atoms with Crippen LogP contribution in [0.5, 0.6) is 0 Å². The summed E-state index contributed by atoms with van der Waals surface area (Å²) in [6, 6.07) is 9.92. The van der Waals surface area contributed by atoms with E-state index in [4.69, 9.17) is 5.11 Å². The van der Waals surface area contributed by atoms with Crippen molar-refractivity contribution in [1.82, 2.24) is 4.90 Å². The minimum absolute atomic E-state index is 0.0905. The Morgan fingerprint density at radius 3 is 2.68 bits per heavy atom. The predicted molar refractivity (Wildman–Crippen MR) is 115 cm³/mol. The van der Waals surface area contributed by atoms with Gasteiger partial charge in [-0.3, -0.25) is 4.79 Å². The summed E-state index contributed by atoms with van der Waals surface area (Å²) >= 11 is 1.12. The second-order valence-electron chi connectivity index (χ2n) is 7.23. The van der Waals surface area contributed by atoms with E-state index >= 15 is 0 Å². The molecule has 1 aliphatic rings. The van der Waals surface area contributed by atoms with Crippen LogP contribution < -0.4 is 0 Å². The molecular formula is C23H23F2NO4S. The third-order valence-corrected chi connectivity index (χ3v) is 6.12. The summed E-state index contributed by atoms with van der Waals surface area (Å²) in [5.41, 5.74) is -0.275. The molecule has 5 nitrogen and oxygen atoms in total.